The van der Waals surface area contributed by atoms with Crippen molar-refractivity contribution < 1.29 is 0 Å². The van der Waals surface area contributed by atoms with Crippen molar-refractivity contribution in [2.75, 3.05) is 13.1 Å². The fourth-order valence-electron chi connectivity index (χ4n) is 2.54. The number of nitrogens with zero attached hydrogens (tertiary/aromatic N) is 2. The lowest BCUT2D eigenvalue weighted by molar-refractivity contribution is 0.330. The van der Waals surface area contributed by atoms with Crippen LogP contribution in [0.2, 0.25) is 0 Å². The second-order valence-electron chi connectivity index (χ2n) is 6.42. The minimum Gasteiger partial charge on any atom is -0.299 e. The van der Waals surface area contributed by atoms with Gasteiger partial charge in [0.05, 0.1) is 0 Å². The van der Waals surface area contributed by atoms with E-state index in [4.69, 9.17) is 0 Å². The van der Waals surface area contributed by atoms with Gasteiger partial charge in [0.25, 0.3) is 0 Å². The van der Waals surface area contributed by atoms with Crippen molar-refractivity contribution >= 4 is 0 Å². The lowest BCUT2D eigenvalue weighted by atomic mass is 9.88. The number of hydrogen-bond acceptors (Lipinski definition) is 2. The molecule has 94 valence electrons. The summed E-state index contributed by atoms with van der Waals surface area (Å²) in [4.78, 5) is 6.91. The van der Waals surface area contributed by atoms with E-state index in [1.807, 2.05) is 12.4 Å². The van der Waals surface area contributed by atoms with E-state index >= 15 is 0 Å². The van der Waals surface area contributed by atoms with Crippen LogP contribution < -0.4 is 0 Å². The highest BCUT2D eigenvalue weighted by atomic mass is 15.1. The third-order valence-electron chi connectivity index (χ3n) is 3.19. The van der Waals surface area contributed by atoms with Crippen molar-refractivity contribution in [1.82, 2.24) is 9.88 Å². The summed E-state index contributed by atoms with van der Waals surface area (Å²) in [6.45, 7) is 10.4. The Hall–Kier alpha value is -0.890. The van der Waals surface area contributed by atoms with Gasteiger partial charge in [-0.15, -0.1) is 0 Å². The maximum atomic E-state index is 4.38. The third kappa shape index (κ3) is 4.12. The summed E-state index contributed by atoms with van der Waals surface area (Å²) in [5.74, 6) is 0. The molecule has 17 heavy (non-hydrogen) atoms. The van der Waals surface area contributed by atoms with Gasteiger partial charge in [0.1, 0.15) is 0 Å². The van der Waals surface area contributed by atoms with Gasteiger partial charge >= 0.3 is 0 Å². The van der Waals surface area contributed by atoms with E-state index in [-0.39, 0.29) is 0 Å². The van der Waals surface area contributed by atoms with Crippen LogP contribution >= 0.6 is 0 Å². The molecule has 1 aliphatic heterocycles. The molecule has 0 amide bonds. The Labute approximate surface area is 105 Å². The molecule has 1 aromatic heterocycles. The zero-order valence-corrected chi connectivity index (χ0v) is 11.4. The highest BCUT2D eigenvalue weighted by Gasteiger charge is 2.14. The molecular formula is C15H24N2. The molecule has 0 aromatic carbocycles. The summed E-state index contributed by atoms with van der Waals surface area (Å²) in [6, 6.07) is 2.33. The van der Waals surface area contributed by atoms with Crippen LogP contribution in [-0.4, -0.2) is 23.0 Å². The molecule has 2 nitrogen and oxygen atoms in total. The monoisotopic (exact) mass is 232 g/mol. The fourth-order valence-corrected chi connectivity index (χ4v) is 2.54. The van der Waals surface area contributed by atoms with E-state index in [0.29, 0.717) is 5.41 Å². The van der Waals surface area contributed by atoms with Gasteiger partial charge < -0.3 is 0 Å². The summed E-state index contributed by atoms with van der Waals surface area (Å²) in [5.41, 5.74) is 3.08. The topological polar surface area (TPSA) is 16.1 Å². The van der Waals surface area contributed by atoms with Crippen molar-refractivity contribution in [1.29, 1.82) is 0 Å². The van der Waals surface area contributed by atoms with Crippen molar-refractivity contribution in [2.45, 2.75) is 46.6 Å². The van der Waals surface area contributed by atoms with Crippen LogP contribution in [0.15, 0.2) is 18.5 Å². The molecule has 0 N–H and O–H groups in total. The van der Waals surface area contributed by atoms with Crippen molar-refractivity contribution in [3.05, 3.63) is 29.6 Å². The van der Waals surface area contributed by atoms with Gasteiger partial charge in [-0.2, -0.15) is 0 Å². The molecule has 2 heteroatoms. The lowest BCUT2D eigenvalue weighted by Gasteiger charge is -2.19. The van der Waals surface area contributed by atoms with Crippen molar-refractivity contribution in [2.24, 2.45) is 5.41 Å². The Morgan fingerprint density at radius 2 is 1.76 bits per heavy atom. The average molecular weight is 232 g/mol. The summed E-state index contributed by atoms with van der Waals surface area (Å²) in [6.07, 6.45) is 7.85. The molecule has 2 rings (SSSR count). The predicted octanol–water partition coefficient (Wildman–Crippen LogP) is 3.27. The molecule has 0 bridgehead atoms. The van der Waals surface area contributed by atoms with Gasteiger partial charge in [-0.1, -0.05) is 26.8 Å². The van der Waals surface area contributed by atoms with Crippen molar-refractivity contribution in [3.63, 3.8) is 0 Å². The van der Waals surface area contributed by atoms with Gasteiger partial charge in [0, 0.05) is 18.9 Å². The maximum absolute atomic E-state index is 4.38. The molecule has 1 aromatic rings. The van der Waals surface area contributed by atoms with Crippen LogP contribution in [0.1, 0.15) is 44.7 Å². The first kappa shape index (κ1) is 12.6. The van der Waals surface area contributed by atoms with Gasteiger partial charge in [0.15, 0.2) is 0 Å². The minimum absolute atomic E-state index is 0.341. The van der Waals surface area contributed by atoms with Gasteiger partial charge in [0.2, 0.25) is 0 Å². The van der Waals surface area contributed by atoms with E-state index in [1.54, 1.807) is 0 Å². The molecule has 0 atom stereocenters. The van der Waals surface area contributed by atoms with Gasteiger partial charge in [-0.3, -0.25) is 9.88 Å². The first-order valence-electron chi connectivity index (χ1n) is 6.68. The normalized spacial score (nSPS) is 17.6. The highest BCUT2D eigenvalue weighted by molar-refractivity contribution is 5.19. The SMILES string of the molecule is CC(C)(C)Cc1cncc(CN2CCCC2)c1. The molecule has 0 radical (unpaired) electrons. The first-order chi connectivity index (χ1) is 8.03. The van der Waals surface area contributed by atoms with E-state index in [9.17, 15) is 0 Å². The molecule has 0 saturated carbocycles. The zero-order valence-electron chi connectivity index (χ0n) is 11.4. The summed E-state index contributed by atoms with van der Waals surface area (Å²) >= 11 is 0. The minimum atomic E-state index is 0.341. The molecule has 1 fully saturated rings. The summed E-state index contributed by atoms with van der Waals surface area (Å²) in [7, 11) is 0. The van der Waals surface area contributed by atoms with Crippen LogP contribution in [0.5, 0.6) is 0 Å². The van der Waals surface area contributed by atoms with Crippen molar-refractivity contribution in [3.8, 4) is 0 Å². The number of pyridine rings is 1. The van der Waals surface area contributed by atoms with Crippen LogP contribution in [-0.2, 0) is 13.0 Å². The summed E-state index contributed by atoms with van der Waals surface area (Å²) < 4.78 is 0. The Kier molecular flexibility index (Phi) is 3.82. The quantitative estimate of drug-likeness (QED) is 0.795. The molecule has 1 aliphatic rings. The third-order valence-corrected chi connectivity index (χ3v) is 3.19. The predicted molar refractivity (Wildman–Crippen MR) is 71.9 cm³/mol. The van der Waals surface area contributed by atoms with E-state index < -0.39 is 0 Å². The van der Waals surface area contributed by atoms with E-state index in [2.05, 4.69) is 36.7 Å². The molecule has 2 heterocycles. The zero-order chi connectivity index (χ0) is 12.3. The molecule has 0 aliphatic carbocycles. The number of hydrogen-bond donors (Lipinski definition) is 0. The summed E-state index contributed by atoms with van der Waals surface area (Å²) in [5, 5.41) is 0. The highest BCUT2D eigenvalue weighted by Crippen LogP contribution is 2.21. The Morgan fingerprint density at radius 3 is 2.41 bits per heavy atom. The molecule has 0 unspecified atom stereocenters. The van der Waals surface area contributed by atoms with Crippen LogP contribution in [0.25, 0.3) is 0 Å². The van der Waals surface area contributed by atoms with Crippen LogP contribution in [0, 0.1) is 5.41 Å². The smallest absolute Gasteiger partial charge is 0.0313 e. The van der Waals surface area contributed by atoms with Crippen LogP contribution in [0.4, 0.5) is 0 Å². The molecule has 0 spiro atoms. The Morgan fingerprint density at radius 1 is 1.12 bits per heavy atom. The number of likely N-dealkylation sites (tertiary alicyclic amines) is 1. The number of aromatic nitrogens is 1. The lowest BCUT2D eigenvalue weighted by Crippen LogP contribution is -2.18. The van der Waals surface area contributed by atoms with Gasteiger partial charge in [-0.25, -0.2) is 0 Å². The fraction of sp³-hybridized carbons (Fsp3) is 0.667. The maximum Gasteiger partial charge on any atom is 0.0313 e. The standard InChI is InChI=1S/C15H24N2/c1-15(2,3)9-13-8-14(11-16-10-13)12-17-6-4-5-7-17/h8,10-11H,4-7,9,12H2,1-3H3. The average Bonchev–Trinajstić information content (AvgIpc) is 2.68. The second-order valence-corrected chi connectivity index (χ2v) is 6.42. The molecule has 1 saturated heterocycles. The van der Waals surface area contributed by atoms with E-state index in [0.717, 1.165) is 13.0 Å². The number of rotatable bonds is 3. The van der Waals surface area contributed by atoms with Gasteiger partial charge in [-0.05, 0) is 48.9 Å². The van der Waals surface area contributed by atoms with E-state index in [1.165, 1.54) is 37.1 Å². The Balaban J connectivity index is 2.00. The Bertz CT molecular complexity index is 359. The first-order valence-corrected chi connectivity index (χ1v) is 6.68. The molecular weight excluding hydrogens is 208 g/mol. The largest absolute Gasteiger partial charge is 0.299 e. The van der Waals surface area contributed by atoms with Crippen LogP contribution in [0.3, 0.4) is 0 Å². The second kappa shape index (κ2) is 5.18.